The average molecular weight is 651 g/mol. The summed E-state index contributed by atoms with van der Waals surface area (Å²) in [4.78, 5) is 16.0. The van der Waals surface area contributed by atoms with E-state index >= 15 is 0 Å². The quantitative estimate of drug-likeness (QED) is 0.129. The van der Waals surface area contributed by atoms with Crippen LogP contribution in [0.25, 0.3) is 59.9 Å². The Balaban J connectivity index is 1.05. The largest absolute Gasteiger partial charge is 0.139 e. The van der Waals surface area contributed by atoms with Gasteiger partial charge in [-0.2, -0.15) is 0 Å². The van der Waals surface area contributed by atoms with Gasteiger partial charge in [0.2, 0.25) is 0 Å². The van der Waals surface area contributed by atoms with Gasteiger partial charge in [-0.3, -0.25) is 0 Å². The number of benzene rings is 1. The van der Waals surface area contributed by atoms with Crippen LogP contribution in [0.1, 0.15) is 9.75 Å². The maximum atomic E-state index is 3.87. The second kappa shape index (κ2) is 12.3. The highest BCUT2D eigenvalue weighted by Crippen LogP contribution is 2.44. The second-order valence-corrected chi connectivity index (χ2v) is 16.4. The van der Waals surface area contributed by atoms with Crippen molar-refractivity contribution in [2.24, 2.45) is 0 Å². The summed E-state index contributed by atoms with van der Waals surface area (Å²) in [5.74, 6) is 0. The Morgan fingerprint density at radius 1 is 0.333 bits per heavy atom. The van der Waals surface area contributed by atoms with Crippen LogP contribution >= 0.6 is 68.0 Å². The molecule has 0 aliphatic heterocycles. The first kappa shape index (κ1) is 27.7. The molecule has 0 bridgehead atoms. The predicted octanol–water partition coefficient (Wildman–Crippen LogP) is 13.5. The highest BCUT2D eigenvalue weighted by Gasteiger charge is 2.13. The van der Waals surface area contributed by atoms with E-state index in [1.54, 1.807) is 0 Å². The van der Waals surface area contributed by atoms with Crippen molar-refractivity contribution < 1.29 is 0 Å². The van der Waals surface area contributed by atoms with Crippen molar-refractivity contribution >= 4 is 68.0 Å². The first-order valence-electron chi connectivity index (χ1n) is 13.6. The Hall–Kier alpha value is -3.10. The highest BCUT2D eigenvalue weighted by molar-refractivity contribution is 7.28. The van der Waals surface area contributed by atoms with Gasteiger partial charge in [-0.15, -0.1) is 81.2 Å². The predicted molar refractivity (Wildman–Crippen MR) is 194 cm³/mol. The fraction of sp³-hybridized carbons (Fsp3) is 0.0556. The summed E-state index contributed by atoms with van der Waals surface area (Å²) in [6.45, 7) is 7.73. The van der Waals surface area contributed by atoms with Crippen molar-refractivity contribution in [1.82, 2.24) is 0 Å². The summed E-state index contributed by atoms with van der Waals surface area (Å²) >= 11 is 11.2. The van der Waals surface area contributed by atoms with E-state index in [4.69, 9.17) is 0 Å². The highest BCUT2D eigenvalue weighted by atomic mass is 32.1. The van der Waals surface area contributed by atoms with E-state index in [-0.39, 0.29) is 0 Å². The molecular weight excluding hydrogens is 625 g/mol. The second-order valence-electron chi connectivity index (χ2n) is 9.75. The minimum atomic E-state index is 0.937. The topological polar surface area (TPSA) is 0 Å². The van der Waals surface area contributed by atoms with Gasteiger partial charge in [0.15, 0.2) is 0 Å². The lowest BCUT2D eigenvalue weighted by atomic mass is 10.1. The molecule has 0 saturated heterocycles. The van der Waals surface area contributed by atoms with Crippen molar-refractivity contribution in [2.75, 3.05) is 0 Å². The fourth-order valence-corrected chi connectivity index (χ4v) is 11.2. The van der Waals surface area contributed by atoms with Crippen LogP contribution in [0.2, 0.25) is 0 Å². The van der Waals surface area contributed by atoms with Crippen LogP contribution in [0, 0.1) is 0 Å². The molecule has 0 spiro atoms. The number of rotatable bonds is 10. The molecule has 42 heavy (non-hydrogen) atoms. The molecule has 0 fully saturated rings. The molecule has 0 N–H and O–H groups in total. The lowest BCUT2D eigenvalue weighted by molar-refractivity contribution is 1.36. The van der Waals surface area contributed by atoms with Crippen LogP contribution in [0.15, 0.2) is 122 Å². The molecule has 7 rings (SSSR count). The summed E-state index contributed by atoms with van der Waals surface area (Å²) in [6.07, 6.45) is 5.82. The molecule has 0 radical (unpaired) electrons. The molecule has 0 unspecified atom stereocenters. The summed E-state index contributed by atoms with van der Waals surface area (Å²) in [6, 6.07) is 36.0. The summed E-state index contributed by atoms with van der Waals surface area (Å²) < 4.78 is 0. The molecule has 0 nitrogen and oxygen atoms in total. The normalized spacial score (nSPS) is 11.2. The van der Waals surface area contributed by atoms with Crippen molar-refractivity contribution in [3.8, 4) is 59.9 Å². The van der Waals surface area contributed by atoms with Crippen LogP contribution < -0.4 is 0 Å². The van der Waals surface area contributed by atoms with Crippen molar-refractivity contribution in [2.45, 2.75) is 12.8 Å². The molecule has 0 aliphatic carbocycles. The monoisotopic (exact) mass is 650 g/mol. The lowest BCUT2D eigenvalue weighted by Gasteiger charge is -2.01. The first-order valence-corrected chi connectivity index (χ1v) is 18.5. The van der Waals surface area contributed by atoms with Gasteiger partial charge in [0.05, 0.1) is 0 Å². The molecular formula is C36H26S6. The van der Waals surface area contributed by atoms with E-state index < -0.39 is 0 Å². The van der Waals surface area contributed by atoms with E-state index in [0.717, 1.165) is 12.8 Å². The first-order chi connectivity index (χ1) is 20.7. The number of allylic oxidation sites excluding steroid dienone is 2. The zero-order valence-electron chi connectivity index (χ0n) is 22.7. The zero-order valence-corrected chi connectivity index (χ0v) is 27.6. The van der Waals surface area contributed by atoms with Gasteiger partial charge >= 0.3 is 0 Å². The van der Waals surface area contributed by atoms with Gasteiger partial charge in [0, 0.05) is 58.5 Å². The third kappa shape index (κ3) is 5.76. The molecule has 6 heterocycles. The van der Waals surface area contributed by atoms with E-state index in [1.807, 2.05) is 80.2 Å². The number of hydrogen-bond donors (Lipinski definition) is 0. The van der Waals surface area contributed by atoms with Crippen LogP contribution in [0.5, 0.6) is 0 Å². The van der Waals surface area contributed by atoms with Crippen LogP contribution in [-0.2, 0) is 12.8 Å². The third-order valence-corrected chi connectivity index (χ3v) is 14.3. The molecule has 7 aromatic rings. The molecule has 0 atom stereocenters. The fourth-order valence-electron chi connectivity index (χ4n) is 4.78. The number of thiophene rings is 6. The average Bonchev–Trinajstić information content (AvgIpc) is 3.83. The molecule has 1 aromatic carbocycles. The minimum absolute atomic E-state index is 0.937. The molecule has 0 saturated carbocycles. The molecule has 6 aromatic heterocycles. The Labute approximate surface area is 270 Å². The number of hydrogen-bond acceptors (Lipinski definition) is 6. The maximum Gasteiger partial charge on any atom is 0.0449 e. The van der Waals surface area contributed by atoms with Gasteiger partial charge in [-0.05, 0) is 96.8 Å². The Bertz CT molecular complexity index is 1830. The van der Waals surface area contributed by atoms with Crippen molar-refractivity contribution in [3.05, 3.63) is 132 Å². The Morgan fingerprint density at radius 2 is 0.595 bits per heavy atom. The molecule has 206 valence electrons. The van der Waals surface area contributed by atoms with Crippen molar-refractivity contribution in [1.29, 1.82) is 0 Å². The minimum Gasteiger partial charge on any atom is -0.139 e. The van der Waals surface area contributed by atoms with E-state index in [1.165, 1.54) is 69.7 Å². The van der Waals surface area contributed by atoms with Crippen molar-refractivity contribution in [3.63, 3.8) is 0 Å². The SMILES string of the molecule is C=CCc1ccc(-c2ccc(-c3ccc(-c4ccc(-c5ccc(-c6ccc(-c7ccc(CC=C)s7)s6)s5)cc4)s3)s2)s1. The molecule has 6 heteroatoms. The van der Waals surface area contributed by atoms with Gasteiger partial charge in [0.25, 0.3) is 0 Å². The standard InChI is InChI=1S/C36H26S6/c1-3-5-25-11-13-29(37-25)31-19-21-35(41-31)33-17-15-27(39-33)23-7-9-24(10-8-23)28-16-18-34(40-28)36-22-20-32(42-36)30-14-12-26(38-30)6-4-2/h3-4,7-22H,1-2,5-6H2. The van der Waals surface area contributed by atoms with Gasteiger partial charge in [-0.1, -0.05) is 36.4 Å². The maximum absolute atomic E-state index is 3.87. The van der Waals surface area contributed by atoms with Gasteiger partial charge in [0.1, 0.15) is 0 Å². The lowest BCUT2D eigenvalue weighted by Crippen LogP contribution is -1.74. The van der Waals surface area contributed by atoms with Crippen LogP contribution in [0.4, 0.5) is 0 Å². The van der Waals surface area contributed by atoms with E-state index in [2.05, 4.69) is 110 Å². The Kier molecular flexibility index (Phi) is 8.09. The summed E-state index contributed by atoms with van der Waals surface area (Å²) in [5.41, 5.74) is 2.54. The Morgan fingerprint density at radius 3 is 0.929 bits per heavy atom. The van der Waals surface area contributed by atoms with Crippen LogP contribution in [0.3, 0.4) is 0 Å². The summed E-state index contributed by atoms with van der Waals surface area (Å²) in [7, 11) is 0. The smallest absolute Gasteiger partial charge is 0.0449 e. The molecule has 0 amide bonds. The van der Waals surface area contributed by atoms with E-state index in [0.29, 0.717) is 0 Å². The zero-order chi connectivity index (χ0) is 28.5. The third-order valence-electron chi connectivity index (χ3n) is 6.86. The van der Waals surface area contributed by atoms with Gasteiger partial charge < -0.3 is 0 Å². The van der Waals surface area contributed by atoms with Crippen LogP contribution in [-0.4, -0.2) is 0 Å². The van der Waals surface area contributed by atoms with Gasteiger partial charge in [-0.25, -0.2) is 0 Å². The summed E-state index contributed by atoms with van der Waals surface area (Å²) in [5, 5.41) is 0. The van der Waals surface area contributed by atoms with E-state index in [9.17, 15) is 0 Å². The molecule has 0 aliphatic rings.